The van der Waals surface area contributed by atoms with Crippen molar-refractivity contribution in [3.8, 4) is 16.9 Å². The van der Waals surface area contributed by atoms with E-state index < -0.39 is 11.0 Å². The van der Waals surface area contributed by atoms with Gasteiger partial charge in [-0.3, -0.25) is 4.79 Å². The second-order valence-corrected chi connectivity index (χ2v) is 7.84. The van der Waals surface area contributed by atoms with Crippen molar-refractivity contribution in [3.63, 3.8) is 0 Å². The minimum absolute atomic E-state index is 0.112. The number of ether oxygens (including phenoxy) is 1. The van der Waals surface area contributed by atoms with Gasteiger partial charge < -0.3 is 10.1 Å². The number of nitrogens with one attached hydrogen (secondary N) is 1. The molecule has 150 valence electrons. The number of aromatic nitrogens is 1. The van der Waals surface area contributed by atoms with Crippen molar-refractivity contribution < 1.29 is 13.7 Å². The third-order valence-corrected chi connectivity index (χ3v) is 5.55. The SMILES string of the molecule is COc1cc(-c2ccc(NC(=O)Cc3ccccc3Cl)cc2S(N)=O)cnc1Cl. The average molecular weight is 450 g/mol. The van der Waals surface area contributed by atoms with Gasteiger partial charge in [-0.2, -0.15) is 0 Å². The van der Waals surface area contributed by atoms with E-state index >= 15 is 0 Å². The lowest BCUT2D eigenvalue weighted by molar-refractivity contribution is -0.115. The number of anilines is 1. The fourth-order valence-electron chi connectivity index (χ4n) is 2.74. The van der Waals surface area contributed by atoms with Gasteiger partial charge in [0.15, 0.2) is 10.9 Å². The Bertz CT molecular complexity index is 1090. The highest BCUT2D eigenvalue weighted by Crippen LogP contribution is 2.32. The summed E-state index contributed by atoms with van der Waals surface area (Å²) in [5.74, 6) is 0.129. The number of nitrogens with two attached hydrogens (primary N) is 1. The molecular weight excluding hydrogens is 433 g/mol. The third kappa shape index (κ3) is 5.13. The van der Waals surface area contributed by atoms with Crippen LogP contribution in [-0.4, -0.2) is 22.2 Å². The molecule has 1 aromatic heterocycles. The van der Waals surface area contributed by atoms with Gasteiger partial charge >= 0.3 is 0 Å². The quantitative estimate of drug-likeness (QED) is 0.550. The number of amides is 1. The van der Waals surface area contributed by atoms with Crippen molar-refractivity contribution in [2.24, 2.45) is 5.14 Å². The van der Waals surface area contributed by atoms with E-state index in [1.54, 1.807) is 42.5 Å². The van der Waals surface area contributed by atoms with E-state index in [2.05, 4.69) is 10.3 Å². The topological polar surface area (TPSA) is 94.3 Å². The Hall–Kier alpha value is -2.45. The molecule has 1 heterocycles. The first kappa shape index (κ1) is 21.3. The number of hydrogen-bond acceptors (Lipinski definition) is 4. The second-order valence-electron chi connectivity index (χ2n) is 6.04. The van der Waals surface area contributed by atoms with Crippen molar-refractivity contribution in [2.75, 3.05) is 12.4 Å². The zero-order valence-electron chi connectivity index (χ0n) is 15.3. The van der Waals surface area contributed by atoms with E-state index in [9.17, 15) is 9.00 Å². The maximum Gasteiger partial charge on any atom is 0.228 e. The number of nitrogens with zero attached hydrogens (tertiary/aromatic N) is 1. The highest BCUT2D eigenvalue weighted by Gasteiger charge is 2.14. The van der Waals surface area contributed by atoms with E-state index in [0.29, 0.717) is 38.0 Å². The van der Waals surface area contributed by atoms with Crippen molar-refractivity contribution in [3.05, 3.63) is 70.5 Å². The summed E-state index contributed by atoms with van der Waals surface area (Å²) in [7, 11) is -0.317. The predicted molar refractivity (Wildman–Crippen MR) is 116 cm³/mol. The first-order valence-corrected chi connectivity index (χ1v) is 10.4. The van der Waals surface area contributed by atoms with Crippen LogP contribution in [0.5, 0.6) is 5.75 Å². The van der Waals surface area contributed by atoms with Gasteiger partial charge in [0.05, 0.1) is 18.4 Å². The Labute approximate surface area is 180 Å². The zero-order valence-corrected chi connectivity index (χ0v) is 17.6. The van der Waals surface area contributed by atoms with E-state index in [1.165, 1.54) is 13.3 Å². The molecule has 0 radical (unpaired) electrons. The zero-order chi connectivity index (χ0) is 21.0. The molecule has 0 aliphatic heterocycles. The number of benzene rings is 2. The van der Waals surface area contributed by atoms with Crippen LogP contribution < -0.4 is 15.2 Å². The standard InChI is InChI=1S/C20H17Cl2N3O3S/c1-28-17-8-13(11-24-20(17)22)15-7-6-14(10-18(15)29(23)27)25-19(26)9-12-4-2-3-5-16(12)21/h2-8,10-11H,9,23H2,1H3,(H,25,26). The molecule has 1 amide bonds. The van der Waals surface area contributed by atoms with E-state index in [0.717, 1.165) is 0 Å². The molecule has 0 aliphatic rings. The molecule has 1 atom stereocenters. The normalized spacial score (nSPS) is 11.7. The lowest BCUT2D eigenvalue weighted by Crippen LogP contribution is -2.15. The van der Waals surface area contributed by atoms with Crippen molar-refractivity contribution in [1.82, 2.24) is 4.98 Å². The minimum atomic E-state index is -1.80. The molecule has 2 aromatic carbocycles. The van der Waals surface area contributed by atoms with Crippen molar-refractivity contribution in [2.45, 2.75) is 11.3 Å². The lowest BCUT2D eigenvalue weighted by Gasteiger charge is -2.12. The number of halogens is 2. The number of hydrogen-bond donors (Lipinski definition) is 2. The lowest BCUT2D eigenvalue weighted by atomic mass is 10.1. The molecule has 0 spiro atoms. The molecule has 0 fully saturated rings. The van der Waals surface area contributed by atoms with Crippen molar-refractivity contribution >= 4 is 45.8 Å². The Morgan fingerprint density at radius 2 is 1.97 bits per heavy atom. The van der Waals surface area contributed by atoms with E-state index in [1.807, 2.05) is 6.07 Å². The molecule has 3 N–H and O–H groups in total. The Morgan fingerprint density at radius 3 is 2.66 bits per heavy atom. The molecule has 0 bridgehead atoms. The summed E-state index contributed by atoms with van der Waals surface area (Å²) in [4.78, 5) is 16.8. The minimum Gasteiger partial charge on any atom is -0.494 e. The average Bonchev–Trinajstić information content (AvgIpc) is 2.70. The summed E-state index contributed by atoms with van der Waals surface area (Å²) < 4.78 is 17.3. The first-order chi connectivity index (χ1) is 13.9. The summed E-state index contributed by atoms with van der Waals surface area (Å²) in [6, 6.07) is 13.8. The van der Waals surface area contributed by atoms with Crippen LogP contribution in [0.15, 0.2) is 59.6 Å². The molecule has 6 nitrogen and oxygen atoms in total. The smallest absolute Gasteiger partial charge is 0.228 e. The molecule has 0 aliphatic carbocycles. The molecular formula is C20H17Cl2N3O3S. The number of rotatable bonds is 6. The summed E-state index contributed by atoms with van der Waals surface area (Å²) >= 11 is 12.1. The highest BCUT2D eigenvalue weighted by atomic mass is 35.5. The van der Waals surface area contributed by atoms with Gasteiger partial charge in [-0.1, -0.05) is 47.5 Å². The Kier molecular flexibility index (Phi) is 6.87. The summed E-state index contributed by atoms with van der Waals surface area (Å²) in [5.41, 5.74) is 2.41. The molecule has 3 aromatic rings. The molecule has 3 rings (SSSR count). The van der Waals surface area contributed by atoms with Gasteiger partial charge in [-0.05, 0) is 29.8 Å². The fraction of sp³-hybridized carbons (Fsp3) is 0.100. The van der Waals surface area contributed by atoms with Crippen LogP contribution in [0, 0.1) is 0 Å². The van der Waals surface area contributed by atoms with Crippen LogP contribution in [0.4, 0.5) is 5.69 Å². The number of carbonyl (C=O) groups excluding carboxylic acids is 1. The van der Waals surface area contributed by atoms with Crippen molar-refractivity contribution in [1.29, 1.82) is 0 Å². The van der Waals surface area contributed by atoms with Crippen LogP contribution in [0.25, 0.3) is 11.1 Å². The molecule has 9 heteroatoms. The monoisotopic (exact) mass is 449 g/mol. The van der Waals surface area contributed by atoms with Gasteiger partial charge in [0, 0.05) is 28.0 Å². The van der Waals surface area contributed by atoms with E-state index in [-0.39, 0.29) is 17.5 Å². The maximum absolute atomic E-state index is 12.4. The highest BCUT2D eigenvalue weighted by molar-refractivity contribution is 7.82. The molecule has 29 heavy (non-hydrogen) atoms. The first-order valence-electron chi connectivity index (χ1n) is 8.42. The second kappa shape index (κ2) is 9.37. The van der Waals surface area contributed by atoms with Crippen LogP contribution in [-0.2, 0) is 22.2 Å². The van der Waals surface area contributed by atoms with Gasteiger partial charge in [0.25, 0.3) is 0 Å². The summed E-state index contributed by atoms with van der Waals surface area (Å²) in [6.45, 7) is 0. The number of pyridine rings is 1. The van der Waals surface area contributed by atoms with E-state index in [4.69, 9.17) is 33.1 Å². The van der Waals surface area contributed by atoms with Gasteiger partial charge in [0.2, 0.25) is 5.91 Å². The van der Waals surface area contributed by atoms with Crippen LogP contribution >= 0.6 is 23.2 Å². The summed E-state index contributed by atoms with van der Waals surface area (Å²) in [6.07, 6.45) is 1.65. The van der Waals surface area contributed by atoms with Crippen LogP contribution in [0.3, 0.4) is 0 Å². The Balaban J connectivity index is 1.87. The largest absolute Gasteiger partial charge is 0.494 e. The maximum atomic E-state index is 12.4. The van der Waals surface area contributed by atoms with Gasteiger partial charge in [-0.25, -0.2) is 14.3 Å². The molecule has 1 unspecified atom stereocenters. The van der Waals surface area contributed by atoms with Crippen LogP contribution in [0.2, 0.25) is 10.2 Å². The Morgan fingerprint density at radius 1 is 1.21 bits per heavy atom. The van der Waals surface area contributed by atoms with Crippen LogP contribution in [0.1, 0.15) is 5.56 Å². The predicted octanol–water partition coefficient (Wildman–Crippen LogP) is 4.23. The fourth-order valence-corrected chi connectivity index (χ4v) is 3.77. The molecule has 0 saturated carbocycles. The summed E-state index contributed by atoms with van der Waals surface area (Å²) in [5, 5.41) is 9.17. The molecule has 0 saturated heterocycles. The number of methoxy groups -OCH3 is 1. The third-order valence-electron chi connectivity index (χ3n) is 4.13. The van der Waals surface area contributed by atoms with Gasteiger partial charge in [-0.15, -0.1) is 0 Å². The van der Waals surface area contributed by atoms with Gasteiger partial charge in [0.1, 0.15) is 11.0 Å². The number of carbonyl (C=O) groups is 1.